The van der Waals surface area contributed by atoms with Crippen LogP contribution in [-0.4, -0.2) is 38.1 Å². The predicted molar refractivity (Wildman–Crippen MR) is 98.7 cm³/mol. The highest BCUT2D eigenvalue weighted by Crippen LogP contribution is 2.33. The molecule has 0 radical (unpaired) electrons. The first-order valence-electron chi connectivity index (χ1n) is 8.47. The van der Waals surface area contributed by atoms with Gasteiger partial charge in [0.2, 0.25) is 0 Å². The van der Waals surface area contributed by atoms with Gasteiger partial charge >= 0.3 is 0 Å². The Hall–Kier alpha value is -3.02. The van der Waals surface area contributed by atoms with Crippen molar-refractivity contribution < 1.29 is 19.1 Å². The number of aryl methyl sites for hydroxylation is 2. The average Bonchev–Trinajstić information content (AvgIpc) is 2.65. The van der Waals surface area contributed by atoms with Crippen LogP contribution in [0.5, 0.6) is 11.5 Å². The Morgan fingerprint density at radius 2 is 2.00 bits per heavy atom. The maximum Gasteiger partial charge on any atom is 0.265 e. The zero-order valence-electron chi connectivity index (χ0n) is 15.1. The molecular weight excluding hydrogens is 332 g/mol. The van der Waals surface area contributed by atoms with Crippen molar-refractivity contribution in [2.24, 2.45) is 0 Å². The van der Waals surface area contributed by atoms with Crippen LogP contribution in [0.25, 0.3) is 0 Å². The highest BCUT2D eigenvalue weighted by molar-refractivity contribution is 5.98. The van der Waals surface area contributed by atoms with Crippen LogP contribution in [0.3, 0.4) is 0 Å². The third-order valence-electron chi connectivity index (χ3n) is 4.30. The summed E-state index contributed by atoms with van der Waals surface area (Å²) in [7, 11) is 1.54. The van der Waals surface area contributed by atoms with Crippen LogP contribution in [0.15, 0.2) is 42.5 Å². The molecule has 2 aromatic rings. The Morgan fingerprint density at radius 3 is 2.73 bits per heavy atom. The van der Waals surface area contributed by atoms with Gasteiger partial charge in [-0.25, -0.2) is 0 Å². The maximum absolute atomic E-state index is 12.8. The molecule has 1 heterocycles. The average molecular weight is 354 g/mol. The van der Waals surface area contributed by atoms with Gasteiger partial charge in [-0.1, -0.05) is 29.8 Å². The molecule has 1 N–H and O–H groups in total. The smallest absolute Gasteiger partial charge is 0.265 e. The van der Waals surface area contributed by atoms with Crippen LogP contribution in [0, 0.1) is 13.8 Å². The molecule has 0 unspecified atom stereocenters. The minimum absolute atomic E-state index is 0.112. The van der Waals surface area contributed by atoms with E-state index in [4.69, 9.17) is 9.47 Å². The molecule has 0 saturated carbocycles. The first kappa shape index (κ1) is 17.8. The molecule has 0 aliphatic carbocycles. The number of hydrogen-bond donors (Lipinski definition) is 1. The van der Waals surface area contributed by atoms with E-state index in [0.717, 1.165) is 11.1 Å². The summed E-state index contributed by atoms with van der Waals surface area (Å²) in [6.07, 6.45) is -0.750. The lowest BCUT2D eigenvalue weighted by Crippen LogP contribution is -2.51. The Bertz CT molecular complexity index is 834. The molecule has 0 aromatic heterocycles. The topological polar surface area (TPSA) is 67.9 Å². The minimum Gasteiger partial charge on any atom is -0.483 e. The summed E-state index contributed by atoms with van der Waals surface area (Å²) in [6.45, 7) is 3.98. The second-order valence-electron chi connectivity index (χ2n) is 6.25. The molecule has 0 bridgehead atoms. The fraction of sp³-hybridized carbons (Fsp3) is 0.300. The molecule has 0 spiro atoms. The summed E-state index contributed by atoms with van der Waals surface area (Å²) >= 11 is 0. The number of benzene rings is 2. The van der Waals surface area contributed by atoms with Crippen molar-refractivity contribution in [1.29, 1.82) is 0 Å². The monoisotopic (exact) mass is 354 g/mol. The van der Waals surface area contributed by atoms with Crippen LogP contribution in [-0.2, 0) is 9.59 Å². The van der Waals surface area contributed by atoms with Gasteiger partial charge in [0.15, 0.2) is 12.7 Å². The number of nitrogens with one attached hydrogen (secondary N) is 1. The van der Waals surface area contributed by atoms with Gasteiger partial charge in [0.05, 0.1) is 12.2 Å². The van der Waals surface area contributed by atoms with Gasteiger partial charge in [0.25, 0.3) is 11.8 Å². The molecule has 6 nitrogen and oxygen atoms in total. The largest absolute Gasteiger partial charge is 0.483 e. The lowest BCUT2D eigenvalue weighted by molar-refractivity contribution is -0.128. The number of nitrogens with zero attached hydrogens (tertiary/aromatic N) is 1. The highest BCUT2D eigenvalue weighted by Gasteiger charge is 2.33. The summed E-state index contributed by atoms with van der Waals surface area (Å²) in [5.74, 6) is 0.683. The summed E-state index contributed by atoms with van der Waals surface area (Å²) in [6, 6.07) is 13.0. The maximum atomic E-state index is 12.8. The van der Waals surface area contributed by atoms with Crippen LogP contribution in [0.1, 0.15) is 11.1 Å². The van der Waals surface area contributed by atoms with Crippen molar-refractivity contribution in [3.8, 4) is 11.5 Å². The molecule has 6 heteroatoms. The zero-order valence-corrected chi connectivity index (χ0v) is 15.1. The van der Waals surface area contributed by atoms with E-state index in [-0.39, 0.29) is 25.0 Å². The number of amides is 2. The lowest BCUT2D eigenvalue weighted by Gasteiger charge is -2.34. The molecule has 2 amide bonds. The van der Waals surface area contributed by atoms with E-state index in [9.17, 15) is 9.59 Å². The number of carbonyl (C=O) groups excluding carboxylic acids is 2. The molecule has 0 fully saturated rings. The number of para-hydroxylation sites is 2. The fourth-order valence-corrected chi connectivity index (χ4v) is 2.95. The summed E-state index contributed by atoms with van der Waals surface area (Å²) in [5, 5.41) is 2.56. The summed E-state index contributed by atoms with van der Waals surface area (Å²) in [4.78, 5) is 26.3. The highest BCUT2D eigenvalue weighted by atomic mass is 16.5. The standard InChI is InChI=1S/C20H22N2O4/c1-13-8-9-16(14(2)10-13)25-12-19(23)22-11-18(20(24)21-3)26-17-7-5-4-6-15(17)22/h4-10,18H,11-12H2,1-3H3,(H,21,24)/t18-/m0/s1. The molecule has 2 aromatic carbocycles. The number of hydrogen-bond acceptors (Lipinski definition) is 4. The van der Waals surface area contributed by atoms with Gasteiger partial charge in [0.1, 0.15) is 11.5 Å². The summed E-state index contributed by atoms with van der Waals surface area (Å²) in [5.41, 5.74) is 2.75. The normalized spacial score (nSPS) is 15.7. The Labute approximate surface area is 152 Å². The number of carbonyl (C=O) groups is 2. The lowest BCUT2D eigenvalue weighted by atomic mass is 10.1. The van der Waals surface area contributed by atoms with E-state index >= 15 is 0 Å². The summed E-state index contributed by atoms with van der Waals surface area (Å²) < 4.78 is 11.4. The SMILES string of the molecule is CNC(=O)[C@@H]1CN(C(=O)COc2ccc(C)cc2C)c2ccccc2O1. The van der Waals surface area contributed by atoms with Gasteiger partial charge < -0.3 is 19.7 Å². The molecular formula is C20H22N2O4. The Balaban J connectivity index is 1.77. The molecule has 26 heavy (non-hydrogen) atoms. The number of fused-ring (bicyclic) bond motifs is 1. The molecule has 1 aliphatic heterocycles. The quantitative estimate of drug-likeness (QED) is 0.914. The molecule has 1 aliphatic rings. The van der Waals surface area contributed by atoms with E-state index in [2.05, 4.69) is 5.32 Å². The van der Waals surface area contributed by atoms with Gasteiger partial charge in [-0.3, -0.25) is 9.59 Å². The third kappa shape index (κ3) is 3.64. The van der Waals surface area contributed by atoms with Crippen LogP contribution >= 0.6 is 0 Å². The first-order chi connectivity index (χ1) is 12.5. The third-order valence-corrected chi connectivity index (χ3v) is 4.30. The molecule has 0 saturated heterocycles. The van der Waals surface area contributed by atoms with E-state index in [0.29, 0.717) is 17.2 Å². The van der Waals surface area contributed by atoms with Crippen molar-refractivity contribution in [2.75, 3.05) is 25.1 Å². The zero-order chi connectivity index (χ0) is 18.7. The van der Waals surface area contributed by atoms with Gasteiger partial charge in [0, 0.05) is 7.05 Å². The second-order valence-corrected chi connectivity index (χ2v) is 6.25. The van der Waals surface area contributed by atoms with E-state index in [1.165, 1.54) is 0 Å². The van der Waals surface area contributed by atoms with Crippen molar-refractivity contribution in [2.45, 2.75) is 20.0 Å². The molecule has 136 valence electrons. The van der Waals surface area contributed by atoms with E-state index < -0.39 is 6.10 Å². The van der Waals surface area contributed by atoms with Crippen molar-refractivity contribution in [3.05, 3.63) is 53.6 Å². The van der Waals surface area contributed by atoms with Gasteiger partial charge in [-0.15, -0.1) is 0 Å². The number of rotatable bonds is 4. The van der Waals surface area contributed by atoms with Crippen molar-refractivity contribution in [3.63, 3.8) is 0 Å². The fourth-order valence-electron chi connectivity index (χ4n) is 2.95. The number of anilines is 1. The predicted octanol–water partition coefficient (Wildman–Crippen LogP) is 2.22. The van der Waals surface area contributed by atoms with Gasteiger partial charge in [-0.05, 0) is 37.6 Å². The first-order valence-corrected chi connectivity index (χ1v) is 8.47. The van der Waals surface area contributed by atoms with E-state index in [1.807, 2.05) is 38.1 Å². The van der Waals surface area contributed by atoms with Crippen molar-refractivity contribution in [1.82, 2.24) is 5.32 Å². The van der Waals surface area contributed by atoms with Crippen LogP contribution < -0.4 is 19.7 Å². The van der Waals surface area contributed by atoms with Crippen molar-refractivity contribution >= 4 is 17.5 Å². The van der Waals surface area contributed by atoms with Crippen LogP contribution in [0.2, 0.25) is 0 Å². The number of likely N-dealkylation sites (N-methyl/N-ethyl adjacent to an activating group) is 1. The van der Waals surface area contributed by atoms with E-state index in [1.54, 1.807) is 30.1 Å². The number of ether oxygens (including phenoxy) is 2. The minimum atomic E-state index is -0.750. The van der Waals surface area contributed by atoms with Gasteiger partial charge in [-0.2, -0.15) is 0 Å². The Morgan fingerprint density at radius 1 is 1.23 bits per heavy atom. The molecule has 3 rings (SSSR count). The Kier molecular flexibility index (Phi) is 5.11. The molecule has 1 atom stereocenters. The second kappa shape index (κ2) is 7.47. The van der Waals surface area contributed by atoms with Crippen LogP contribution in [0.4, 0.5) is 5.69 Å².